The molecule has 0 spiro atoms. The Labute approximate surface area is 170 Å². The molecule has 3 rings (SSSR count). The van der Waals surface area contributed by atoms with Crippen molar-refractivity contribution in [1.82, 2.24) is 10.6 Å². The summed E-state index contributed by atoms with van der Waals surface area (Å²) in [6.07, 6.45) is 2.06. The van der Waals surface area contributed by atoms with Crippen LogP contribution in [-0.4, -0.2) is 25.0 Å². The van der Waals surface area contributed by atoms with Gasteiger partial charge in [-0.3, -0.25) is 4.79 Å². The summed E-state index contributed by atoms with van der Waals surface area (Å²) >= 11 is 5.95. The van der Waals surface area contributed by atoms with Crippen molar-refractivity contribution in [2.24, 2.45) is 0 Å². The van der Waals surface area contributed by atoms with Gasteiger partial charge in [-0.25, -0.2) is 4.79 Å². The second-order valence-corrected chi connectivity index (χ2v) is 8.08. The molecule has 6 heteroatoms. The molecule has 3 amide bonds. The van der Waals surface area contributed by atoms with Crippen LogP contribution in [0.5, 0.6) is 0 Å². The first-order chi connectivity index (χ1) is 13.3. The molecule has 1 aliphatic carbocycles. The molecule has 1 fully saturated rings. The molecule has 0 unspecified atom stereocenters. The summed E-state index contributed by atoms with van der Waals surface area (Å²) in [6.45, 7) is 6.40. The van der Waals surface area contributed by atoms with Gasteiger partial charge in [0.1, 0.15) is 0 Å². The van der Waals surface area contributed by atoms with Crippen LogP contribution in [0.1, 0.15) is 35.1 Å². The predicted octanol–water partition coefficient (Wildman–Crippen LogP) is 4.23. The second-order valence-electron chi connectivity index (χ2n) is 7.65. The van der Waals surface area contributed by atoms with Gasteiger partial charge in [0.2, 0.25) is 5.91 Å². The minimum absolute atomic E-state index is 0.0136. The van der Waals surface area contributed by atoms with Gasteiger partial charge in [-0.05, 0) is 62.4 Å². The Kier molecular flexibility index (Phi) is 5.94. The van der Waals surface area contributed by atoms with Crippen molar-refractivity contribution in [2.45, 2.75) is 39.0 Å². The third-order valence-corrected chi connectivity index (χ3v) is 5.50. The van der Waals surface area contributed by atoms with Gasteiger partial charge in [0, 0.05) is 22.7 Å². The Bertz CT molecular complexity index is 866. The summed E-state index contributed by atoms with van der Waals surface area (Å²) in [5.41, 5.74) is 5.14. The van der Waals surface area contributed by atoms with E-state index < -0.39 is 0 Å². The third-order valence-electron chi connectivity index (χ3n) is 5.25. The van der Waals surface area contributed by atoms with Crippen molar-refractivity contribution >= 4 is 29.2 Å². The smallest absolute Gasteiger partial charge is 0.315 e. The van der Waals surface area contributed by atoms with Crippen LogP contribution in [0.3, 0.4) is 0 Å². The van der Waals surface area contributed by atoms with E-state index in [2.05, 4.69) is 16.0 Å². The lowest BCUT2D eigenvalue weighted by Crippen LogP contribution is -2.42. The molecule has 1 saturated carbocycles. The number of nitrogens with one attached hydrogen (secondary N) is 3. The predicted molar refractivity (Wildman–Crippen MR) is 113 cm³/mol. The Morgan fingerprint density at radius 2 is 1.61 bits per heavy atom. The number of carbonyl (C=O) groups excluding carboxylic acids is 2. The number of hydrogen-bond donors (Lipinski definition) is 3. The number of hydrogen-bond acceptors (Lipinski definition) is 2. The van der Waals surface area contributed by atoms with E-state index in [9.17, 15) is 9.59 Å². The maximum Gasteiger partial charge on any atom is 0.315 e. The van der Waals surface area contributed by atoms with Crippen molar-refractivity contribution in [1.29, 1.82) is 0 Å². The minimum Gasteiger partial charge on any atom is -0.337 e. The summed E-state index contributed by atoms with van der Waals surface area (Å²) < 4.78 is 0. The highest BCUT2D eigenvalue weighted by Crippen LogP contribution is 2.47. The molecule has 0 aliphatic heterocycles. The molecule has 0 saturated heterocycles. The van der Waals surface area contributed by atoms with E-state index in [1.54, 1.807) is 0 Å². The first-order valence-electron chi connectivity index (χ1n) is 9.44. The van der Waals surface area contributed by atoms with Crippen LogP contribution in [0, 0.1) is 20.8 Å². The SMILES string of the molecule is Cc1cc(C)c(NC(=O)CNC(=O)NCC2(c3ccc(Cl)cc3)CC2)c(C)c1. The average Bonchev–Trinajstić information content (AvgIpc) is 3.43. The number of carbonyl (C=O) groups is 2. The van der Waals surface area contributed by atoms with E-state index in [0.29, 0.717) is 11.6 Å². The van der Waals surface area contributed by atoms with Crippen LogP contribution in [0.15, 0.2) is 36.4 Å². The zero-order chi connectivity index (χ0) is 20.3. The summed E-state index contributed by atoms with van der Waals surface area (Å²) in [4.78, 5) is 24.3. The monoisotopic (exact) mass is 399 g/mol. The lowest BCUT2D eigenvalue weighted by molar-refractivity contribution is -0.115. The van der Waals surface area contributed by atoms with Crippen LogP contribution in [0.4, 0.5) is 10.5 Å². The number of halogens is 1. The molecule has 28 heavy (non-hydrogen) atoms. The average molecular weight is 400 g/mol. The number of rotatable bonds is 6. The molecule has 0 bridgehead atoms. The van der Waals surface area contributed by atoms with Crippen LogP contribution in [0.25, 0.3) is 0 Å². The van der Waals surface area contributed by atoms with Gasteiger partial charge in [0.15, 0.2) is 0 Å². The van der Waals surface area contributed by atoms with E-state index in [0.717, 1.165) is 35.2 Å². The normalized spacial score (nSPS) is 14.3. The van der Waals surface area contributed by atoms with E-state index in [4.69, 9.17) is 11.6 Å². The van der Waals surface area contributed by atoms with Crippen LogP contribution >= 0.6 is 11.6 Å². The van der Waals surface area contributed by atoms with E-state index >= 15 is 0 Å². The van der Waals surface area contributed by atoms with Gasteiger partial charge >= 0.3 is 6.03 Å². The van der Waals surface area contributed by atoms with Crippen molar-refractivity contribution < 1.29 is 9.59 Å². The maximum atomic E-state index is 12.2. The molecule has 148 valence electrons. The fourth-order valence-electron chi connectivity index (χ4n) is 3.56. The van der Waals surface area contributed by atoms with Gasteiger partial charge in [0.25, 0.3) is 0 Å². The van der Waals surface area contributed by atoms with Crippen molar-refractivity contribution in [2.75, 3.05) is 18.4 Å². The number of anilines is 1. The quantitative estimate of drug-likeness (QED) is 0.680. The number of urea groups is 1. The van der Waals surface area contributed by atoms with Gasteiger partial charge in [-0.15, -0.1) is 0 Å². The zero-order valence-corrected chi connectivity index (χ0v) is 17.2. The van der Waals surface area contributed by atoms with Gasteiger partial charge < -0.3 is 16.0 Å². The molecular formula is C22H26ClN3O2. The minimum atomic E-state index is -0.340. The molecule has 0 aromatic heterocycles. The molecule has 0 heterocycles. The summed E-state index contributed by atoms with van der Waals surface area (Å²) in [6, 6.07) is 11.5. The number of aryl methyl sites for hydroxylation is 3. The summed E-state index contributed by atoms with van der Waals surface area (Å²) in [5.74, 6) is -0.246. The first-order valence-corrected chi connectivity index (χ1v) is 9.82. The standard InChI is InChI=1S/C22H26ClN3O2/c1-14-10-15(2)20(16(3)11-14)26-19(27)12-24-21(28)25-13-22(8-9-22)17-4-6-18(23)7-5-17/h4-7,10-11H,8-9,12-13H2,1-3H3,(H,26,27)(H2,24,25,28). The molecule has 5 nitrogen and oxygen atoms in total. The molecule has 3 N–H and O–H groups in total. The zero-order valence-electron chi connectivity index (χ0n) is 16.5. The molecule has 0 radical (unpaired) electrons. The third kappa shape index (κ3) is 4.84. The maximum absolute atomic E-state index is 12.2. The van der Waals surface area contributed by atoms with Gasteiger partial charge in [-0.1, -0.05) is 41.4 Å². The Balaban J connectivity index is 1.47. The number of benzene rings is 2. The highest BCUT2D eigenvalue weighted by atomic mass is 35.5. The van der Waals surface area contributed by atoms with E-state index in [1.165, 1.54) is 5.56 Å². The largest absolute Gasteiger partial charge is 0.337 e. The Morgan fingerprint density at radius 1 is 1.00 bits per heavy atom. The molecule has 2 aromatic carbocycles. The van der Waals surface area contributed by atoms with Crippen molar-refractivity contribution in [3.05, 3.63) is 63.7 Å². The van der Waals surface area contributed by atoms with E-state index in [-0.39, 0.29) is 23.9 Å². The molecule has 0 atom stereocenters. The van der Waals surface area contributed by atoms with Crippen LogP contribution in [0.2, 0.25) is 5.02 Å². The second kappa shape index (κ2) is 8.23. The summed E-state index contributed by atoms with van der Waals surface area (Å²) in [5, 5.41) is 9.10. The van der Waals surface area contributed by atoms with Crippen molar-refractivity contribution in [3.8, 4) is 0 Å². The highest BCUT2D eigenvalue weighted by Gasteiger charge is 2.44. The fourth-order valence-corrected chi connectivity index (χ4v) is 3.68. The highest BCUT2D eigenvalue weighted by molar-refractivity contribution is 6.30. The molecule has 1 aliphatic rings. The van der Waals surface area contributed by atoms with E-state index in [1.807, 2.05) is 57.2 Å². The lowest BCUT2D eigenvalue weighted by Gasteiger charge is -2.17. The molecular weight excluding hydrogens is 374 g/mol. The lowest BCUT2D eigenvalue weighted by atomic mass is 9.96. The van der Waals surface area contributed by atoms with Crippen LogP contribution < -0.4 is 16.0 Å². The topological polar surface area (TPSA) is 70.2 Å². The fraction of sp³-hybridized carbons (Fsp3) is 0.364. The Morgan fingerprint density at radius 3 is 2.18 bits per heavy atom. The van der Waals surface area contributed by atoms with Crippen molar-refractivity contribution in [3.63, 3.8) is 0 Å². The van der Waals surface area contributed by atoms with Gasteiger partial charge in [0.05, 0.1) is 6.54 Å². The summed E-state index contributed by atoms with van der Waals surface area (Å²) in [7, 11) is 0. The van der Waals surface area contributed by atoms with Crippen LogP contribution in [-0.2, 0) is 10.2 Å². The van der Waals surface area contributed by atoms with Gasteiger partial charge in [-0.2, -0.15) is 0 Å². The number of amides is 3. The Hall–Kier alpha value is -2.53. The first kappa shape index (κ1) is 20.2. The molecule has 2 aromatic rings.